The van der Waals surface area contributed by atoms with Gasteiger partial charge in [0.15, 0.2) is 0 Å². The van der Waals surface area contributed by atoms with Gasteiger partial charge in [0.05, 0.1) is 6.10 Å². The van der Waals surface area contributed by atoms with Crippen LogP contribution in [0.1, 0.15) is 31.7 Å². The van der Waals surface area contributed by atoms with Gasteiger partial charge in [0.25, 0.3) is 0 Å². The monoisotopic (exact) mass is 221 g/mol. The average Bonchev–Trinajstić information content (AvgIpc) is 2.27. The molecule has 0 spiro atoms. The van der Waals surface area contributed by atoms with Crippen molar-refractivity contribution in [3.05, 3.63) is 35.9 Å². The maximum atomic E-state index is 9.23. The molecular formula is C14H23NO. The summed E-state index contributed by atoms with van der Waals surface area (Å²) in [5.41, 5.74) is 1.38. The van der Waals surface area contributed by atoms with E-state index >= 15 is 0 Å². The molecule has 0 heterocycles. The minimum absolute atomic E-state index is 0.200. The number of likely N-dealkylation sites (N-methyl/N-ethyl adjacent to an activating group) is 1. The number of hydrogen-bond acceptors (Lipinski definition) is 2. The molecule has 90 valence electrons. The van der Waals surface area contributed by atoms with Crippen molar-refractivity contribution in [3.8, 4) is 0 Å². The number of nitrogens with zero attached hydrogens (tertiary/aromatic N) is 1. The summed E-state index contributed by atoms with van der Waals surface area (Å²) in [5.74, 6) is 0.542. The molecule has 0 saturated carbocycles. The van der Waals surface area contributed by atoms with E-state index < -0.39 is 0 Å². The molecule has 1 rings (SSSR count). The minimum Gasteiger partial charge on any atom is -0.393 e. The van der Waals surface area contributed by atoms with Crippen molar-refractivity contribution >= 4 is 0 Å². The number of hydrogen-bond donors (Lipinski definition) is 1. The lowest BCUT2D eigenvalue weighted by Crippen LogP contribution is -2.26. The Hall–Kier alpha value is -0.860. The molecule has 2 heteroatoms. The smallest absolute Gasteiger partial charge is 0.0524 e. The molecular weight excluding hydrogens is 198 g/mol. The molecule has 2 nitrogen and oxygen atoms in total. The van der Waals surface area contributed by atoms with Crippen LogP contribution in [0.3, 0.4) is 0 Å². The highest BCUT2D eigenvalue weighted by molar-refractivity contribution is 5.18. The summed E-state index contributed by atoms with van der Waals surface area (Å²) < 4.78 is 0. The first-order chi connectivity index (χ1) is 7.59. The Morgan fingerprint density at radius 2 is 1.81 bits per heavy atom. The van der Waals surface area contributed by atoms with E-state index in [9.17, 15) is 5.11 Å². The lowest BCUT2D eigenvalue weighted by atomic mass is 10.0. The molecule has 0 aliphatic heterocycles. The van der Waals surface area contributed by atoms with E-state index in [4.69, 9.17) is 0 Å². The summed E-state index contributed by atoms with van der Waals surface area (Å²) in [6, 6.07) is 10.6. The second-order valence-electron chi connectivity index (χ2n) is 4.71. The van der Waals surface area contributed by atoms with Crippen LogP contribution in [0.25, 0.3) is 0 Å². The van der Waals surface area contributed by atoms with Gasteiger partial charge in [0.1, 0.15) is 0 Å². The quantitative estimate of drug-likeness (QED) is 0.798. The Morgan fingerprint density at radius 3 is 2.38 bits per heavy atom. The fraction of sp³-hybridized carbons (Fsp3) is 0.571. The molecule has 1 aromatic carbocycles. The van der Waals surface area contributed by atoms with Crippen molar-refractivity contribution in [2.45, 2.75) is 32.3 Å². The van der Waals surface area contributed by atoms with E-state index in [0.29, 0.717) is 5.92 Å². The summed E-state index contributed by atoms with van der Waals surface area (Å²) in [6.07, 6.45) is 0.646. The molecule has 16 heavy (non-hydrogen) atoms. The van der Waals surface area contributed by atoms with Crippen molar-refractivity contribution in [2.24, 2.45) is 0 Å². The van der Waals surface area contributed by atoms with E-state index in [1.165, 1.54) is 5.56 Å². The molecule has 0 saturated heterocycles. The predicted molar refractivity (Wildman–Crippen MR) is 68.7 cm³/mol. The van der Waals surface area contributed by atoms with Gasteiger partial charge >= 0.3 is 0 Å². The normalized spacial score (nSPS) is 15.1. The first-order valence-electron chi connectivity index (χ1n) is 6.01. The summed E-state index contributed by atoms with van der Waals surface area (Å²) in [6.45, 7) is 6.08. The van der Waals surface area contributed by atoms with Gasteiger partial charge < -0.3 is 10.0 Å². The number of aliphatic hydroxyl groups is 1. The molecule has 0 fully saturated rings. The zero-order valence-corrected chi connectivity index (χ0v) is 10.6. The number of rotatable bonds is 6. The van der Waals surface area contributed by atoms with Crippen LogP contribution >= 0.6 is 0 Å². The summed E-state index contributed by atoms with van der Waals surface area (Å²) in [5, 5.41) is 9.23. The van der Waals surface area contributed by atoms with E-state index in [1.807, 2.05) is 13.0 Å². The van der Waals surface area contributed by atoms with E-state index in [0.717, 1.165) is 19.5 Å². The van der Waals surface area contributed by atoms with Crippen molar-refractivity contribution in [1.29, 1.82) is 0 Å². The highest BCUT2D eigenvalue weighted by Gasteiger charge is 2.08. The SMILES string of the molecule is CC(O)CCN(C)CC(C)c1ccccc1. The van der Waals surface area contributed by atoms with Crippen molar-refractivity contribution in [1.82, 2.24) is 4.90 Å². The Kier molecular flexibility index (Phi) is 5.50. The van der Waals surface area contributed by atoms with E-state index in [-0.39, 0.29) is 6.10 Å². The van der Waals surface area contributed by atoms with Gasteiger partial charge in [-0.1, -0.05) is 37.3 Å². The van der Waals surface area contributed by atoms with Crippen LogP contribution in [0.4, 0.5) is 0 Å². The summed E-state index contributed by atoms with van der Waals surface area (Å²) in [7, 11) is 2.11. The third-order valence-corrected chi connectivity index (χ3v) is 2.88. The average molecular weight is 221 g/mol. The second-order valence-corrected chi connectivity index (χ2v) is 4.71. The first kappa shape index (κ1) is 13.2. The van der Waals surface area contributed by atoms with Gasteiger partial charge in [-0.15, -0.1) is 0 Å². The first-order valence-corrected chi connectivity index (χ1v) is 6.01. The zero-order valence-electron chi connectivity index (χ0n) is 10.6. The second kappa shape index (κ2) is 6.66. The van der Waals surface area contributed by atoms with Crippen LogP contribution in [0.2, 0.25) is 0 Å². The number of aliphatic hydroxyl groups excluding tert-OH is 1. The maximum absolute atomic E-state index is 9.23. The minimum atomic E-state index is -0.200. The summed E-state index contributed by atoms with van der Waals surface area (Å²) in [4.78, 5) is 2.28. The Bertz CT molecular complexity index is 284. The molecule has 0 aliphatic rings. The van der Waals surface area contributed by atoms with Gasteiger partial charge in [-0.25, -0.2) is 0 Å². The van der Waals surface area contributed by atoms with Gasteiger partial charge in [-0.2, -0.15) is 0 Å². The van der Waals surface area contributed by atoms with Gasteiger partial charge in [0.2, 0.25) is 0 Å². The topological polar surface area (TPSA) is 23.5 Å². The highest BCUT2D eigenvalue weighted by Crippen LogP contribution is 2.15. The number of benzene rings is 1. The largest absolute Gasteiger partial charge is 0.393 e. The van der Waals surface area contributed by atoms with Crippen LogP contribution in [0.5, 0.6) is 0 Å². The third kappa shape index (κ3) is 4.77. The summed E-state index contributed by atoms with van der Waals surface area (Å²) >= 11 is 0. The molecule has 2 atom stereocenters. The van der Waals surface area contributed by atoms with Crippen molar-refractivity contribution < 1.29 is 5.11 Å². The fourth-order valence-corrected chi connectivity index (χ4v) is 1.85. The standard InChI is InChI=1S/C14H23NO/c1-12(14-7-5-4-6-8-14)11-15(3)10-9-13(2)16/h4-8,12-13,16H,9-11H2,1-3H3. The Balaban J connectivity index is 2.36. The Labute approximate surface area is 98.9 Å². The van der Waals surface area contributed by atoms with Crippen molar-refractivity contribution in [2.75, 3.05) is 20.1 Å². The zero-order chi connectivity index (χ0) is 12.0. The predicted octanol–water partition coefficient (Wildman–Crippen LogP) is 2.49. The molecule has 0 bridgehead atoms. The van der Waals surface area contributed by atoms with Crippen LogP contribution in [-0.4, -0.2) is 36.2 Å². The molecule has 0 aliphatic carbocycles. The van der Waals surface area contributed by atoms with Crippen LogP contribution in [0.15, 0.2) is 30.3 Å². The van der Waals surface area contributed by atoms with Gasteiger partial charge in [0, 0.05) is 13.1 Å². The molecule has 1 aromatic rings. The van der Waals surface area contributed by atoms with Gasteiger partial charge in [-0.05, 0) is 31.9 Å². The molecule has 1 N–H and O–H groups in total. The molecule has 2 unspecified atom stereocenters. The van der Waals surface area contributed by atoms with Crippen LogP contribution in [0, 0.1) is 0 Å². The van der Waals surface area contributed by atoms with E-state index in [1.54, 1.807) is 0 Å². The maximum Gasteiger partial charge on any atom is 0.0524 e. The van der Waals surface area contributed by atoms with Crippen LogP contribution < -0.4 is 0 Å². The van der Waals surface area contributed by atoms with Gasteiger partial charge in [-0.3, -0.25) is 0 Å². The Morgan fingerprint density at radius 1 is 1.19 bits per heavy atom. The lowest BCUT2D eigenvalue weighted by Gasteiger charge is -2.22. The molecule has 0 radical (unpaired) electrons. The lowest BCUT2D eigenvalue weighted by molar-refractivity contribution is 0.163. The fourth-order valence-electron chi connectivity index (χ4n) is 1.85. The van der Waals surface area contributed by atoms with Crippen molar-refractivity contribution in [3.63, 3.8) is 0 Å². The third-order valence-electron chi connectivity index (χ3n) is 2.88. The highest BCUT2D eigenvalue weighted by atomic mass is 16.3. The van der Waals surface area contributed by atoms with Crippen LogP contribution in [-0.2, 0) is 0 Å². The van der Waals surface area contributed by atoms with E-state index in [2.05, 4.69) is 43.1 Å². The molecule has 0 aromatic heterocycles. The molecule has 0 amide bonds.